The van der Waals surface area contributed by atoms with E-state index in [1.807, 2.05) is 0 Å². The maximum Gasteiger partial charge on any atom is 0.416 e. The fourth-order valence-corrected chi connectivity index (χ4v) is 2.47. The molecule has 0 bridgehead atoms. The van der Waals surface area contributed by atoms with Crippen LogP contribution in [0.15, 0.2) is 53.7 Å². The maximum atomic E-state index is 12.7. The van der Waals surface area contributed by atoms with Gasteiger partial charge in [-0.15, -0.1) is 0 Å². The van der Waals surface area contributed by atoms with Crippen LogP contribution < -0.4 is 10.1 Å². The van der Waals surface area contributed by atoms with E-state index >= 15 is 0 Å². The van der Waals surface area contributed by atoms with Gasteiger partial charge in [0, 0.05) is 12.1 Å². The van der Waals surface area contributed by atoms with Crippen LogP contribution in [0.25, 0.3) is 0 Å². The zero-order chi connectivity index (χ0) is 18.7. The first-order chi connectivity index (χ1) is 12.4. The quantitative estimate of drug-likeness (QED) is 0.897. The molecule has 0 spiro atoms. The smallest absolute Gasteiger partial charge is 0.416 e. The average Bonchev–Trinajstić information content (AvgIpc) is 3.11. The number of rotatable bonds is 4. The Labute approximate surface area is 147 Å². The molecule has 0 aliphatic carbocycles. The summed E-state index contributed by atoms with van der Waals surface area (Å²) in [5.74, 6) is 0.128. The van der Waals surface area contributed by atoms with Crippen molar-refractivity contribution in [3.8, 4) is 5.75 Å². The van der Waals surface area contributed by atoms with Gasteiger partial charge < -0.3 is 14.9 Å². The van der Waals surface area contributed by atoms with E-state index in [1.165, 1.54) is 12.1 Å². The van der Waals surface area contributed by atoms with E-state index in [-0.39, 0.29) is 12.1 Å². The van der Waals surface area contributed by atoms with Crippen molar-refractivity contribution in [2.24, 2.45) is 5.16 Å². The van der Waals surface area contributed by atoms with E-state index in [9.17, 15) is 18.0 Å². The second-order valence-corrected chi connectivity index (χ2v) is 5.63. The van der Waals surface area contributed by atoms with E-state index < -0.39 is 23.8 Å². The van der Waals surface area contributed by atoms with Gasteiger partial charge in [-0.25, -0.2) is 0 Å². The third-order valence-electron chi connectivity index (χ3n) is 3.84. The minimum Gasteiger partial charge on any atom is -0.497 e. The maximum absolute atomic E-state index is 12.7. The highest BCUT2D eigenvalue weighted by atomic mass is 19.4. The molecule has 1 aliphatic heterocycles. The number of halogens is 3. The highest BCUT2D eigenvalue weighted by Gasteiger charge is 2.32. The summed E-state index contributed by atoms with van der Waals surface area (Å²) < 4.78 is 43.3. The first-order valence-electron chi connectivity index (χ1n) is 7.72. The van der Waals surface area contributed by atoms with Crippen molar-refractivity contribution in [3.63, 3.8) is 0 Å². The van der Waals surface area contributed by atoms with Crippen molar-refractivity contribution in [3.05, 3.63) is 59.7 Å². The topological polar surface area (TPSA) is 59.9 Å². The minimum atomic E-state index is -4.48. The van der Waals surface area contributed by atoms with Gasteiger partial charge in [0.25, 0.3) is 5.91 Å². The number of nitrogens with one attached hydrogen (secondary N) is 1. The number of amides is 1. The molecule has 0 fully saturated rings. The lowest BCUT2D eigenvalue weighted by Crippen LogP contribution is -2.28. The standard InChI is InChI=1S/C18H15F3N2O3/c1-25-14-7-5-11(6-8-14)15-10-16(26-23-15)17(24)22-13-4-2-3-12(9-13)18(19,20)21/h2-9,16H,10H2,1H3,(H,22,24)/t16-/m1/s1. The van der Waals surface area contributed by atoms with E-state index in [2.05, 4.69) is 10.5 Å². The molecule has 5 nitrogen and oxygen atoms in total. The molecule has 2 aromatic rings. The normalized spacial score (nSPS) is 16.6. The van der Waals surface area contributed by atoms with Crippen LogP contribution in [-0.2, 0) is 15.8 Å². The van der Waals surface area contributed by atoms with Gasteiger partial charge in [0.2, 0.25) is 6.10 Å². The number of hydrogen-bond acceptors (Lipinski definition) is 4. The largest absolute Gasteiger partial charge is 0.497 e. The molecule has 0 unspecified atom stereocenters. The molecule has 0 aromatic heterocycles. The summed E-state index contributed by atoms with van der Waals surface area (Å²) in [6.07, 6.45) is -5.16. The van der Waals surface area contributed by atoms with E-state index in [0.29, 0.717) is 11.5 Å². The summed E-state index contributed by atoms with van der Waals surface area (Å²) in [6.45, 7) is 0. The third-order valence-corrected chi connectivity index (χ3v) is 3.84. The summed E-state index contributed by atoms with van der Waals surface area (Å²) in [5.41, 5.74) is 0.571. The second kappa shape index (κ2) is 7.07. The average molecular weight is 364 g/mol. The molecule has 2 aromatic carbocycles. The molecule has 1 atom stereocenters. The third kappa shape index (κ3) is 3.96. The molecule has 1 aliphatic rings. The lowest BCUT2D eigenvalue weighted by Gasteiger charge is -2.12. The van der Waals surface area contributed by atoms with Crippen LogP contribution in [0.1, 0.15) is 17.5 Å². The fourth-order valence-electron chi connectivity index (χ4n) is 2.47. The molecule has 8 heteroatoms. The Morgan fingerprint density at radius 3 is 2.62 bits per heavy atom. The number of ether oxygens (including phenoxy) is 1. The highest BCUT2D eigenvalue weighted by molar-refractivity contribution is 6.06. The molecule has 136 valence electrons. The fraction of sp³-hybridized carbons (Fsp3) is 0.222. The Hall–Kier alpha value is -3.03. The molecule has 1 heterocycles. The molecule has 1 N–H and O–H groups in total. The number of nitrogens with zero attached hydrogens (tertiary/aromatic N) is 1. The van der Waals surface area contributed by atoms with Crippen LogP contribution >= 0.6 is 0 Å². The summed E-state index contributed by atoms with van der Waals surface area (Å²) in [7, 11) is 1.55. The monoisotopic (exact) mass is 364 g/mol. The van der Waals surface area contributed by atoms with Crippen molar-refractivity contribution < 1.29 is 27.5 Å². The second-order valence-electron chi connectivity index (χ2n) is 5.63. The Kier molecular flexibility index (Phi) is 4.83. The molecule has 0 radical (unpaired) electrons. The Morgan fingerprint density at radius 1 is 1.23 bits per heavy atom. The zero-order valence-electron chi connectivity index (χ0n) is 13.7. The number of anilines is 1. The van der Waals surface area contributed by atoms with Gasteiger partial charge in [0.05, 0.1) is 18.4 Å². The van der Waals surface area contributed by atoms with Crippen molar-refractivity contribution in [1.29, 1.82) is 0 Å². The lowest BCUT2D eigenvalue weighted by molar-refractivity contribution is -0.137. The molecule has 0 saturated carbocycles. The number of methoxy groups -OCH3 is 1. The predicted octanol–water partition coefficient (Wildman–Crippen LogP) is 3.85. The SMILES string of the molecule is COc1ccc(C2=NO[C@@H](C(=O)Nc3cccc(C(F)(F)F)c3)C2)cc1. The number of oxime groups is 1. The Bertz CT molecular complexity index is 832. The number of carbonyl (C=O) groups is 1. The molecular weight excluding hydrogens is 349 g/mol. The molecule has 26 heavy (non-hydrogen) atoms. The Balaban J connectivity index is 1.63. The van der Waals surface area contributed by atoms with Crippen molar-refractivity contribution in [2.75, 3.05) is 12.4 Å². The van der Waals surface area contributed by atoms with E-state index in [0.717, 1.165) is 17.7 Å². The van der Waals surface area contributed by atoms with Crippen LogP contribution in [-0.4, -0.2) is 24.8 Å². The van der Waals surface area contributed by atoms with Crippen LogP contribution in [0.2, 0.25) is 0 Å². The summed E-state index contributed by atoms with van der Waals surface area (Å²) in [6, 6.07) is 11.5. The number of hydrogen-bond donors (Lipinski definition) is 1. The Morgan fingerprint density at radius 2 is 1.96 bits per heavy atom. The van der Waals surface area contributed by atoms with Gasteiger partial charge in [-0.2, -0.15) is 13.2 Å². The number of carbonyl (C=O) groups excluding carboxylic acids is 1. The molecule has 3 rings (SSSR count). The summed E-state index contributed by atoms with van der Waals surface area (Å²) in [4.78, 5) is 17.4. The lowest BCUT2D eigenvalue weighted by atomic mass is 10.0. The van der Waals surface area contributed by atoms with Gasteiger partial charge in [-0.1, -0.05) is 11.2 Å². The van der Waals surface area contributed by atoms with Gasteiger partial charge >= 0.3 is 6.18 Å². The zero-order valence-corrected chi connectivity index (χ0v) is 13.7. The predicted molar refractivity (Wildman–Crippen MR) is 89.1 cm³/mol. The van der Waals surface area contributed by atoms with E-state index in [4.69, 9.17) is 9.57 Å². The number of benzene rings is 2. The van der Waals surface area contributed by atoms with Crippen molar-refractivity contribution in [2.45, 2.75) is 18.7 Å². The highest BCUT2D eigenvalue weighted by Crippen LogP contribution is 2.31. The van der Waals surface area contributed by atoms with Crippen molar-refractivity contribution >= 4 is 17.3 Å². The molecular formula is C18H15F3N2O3. The van der Waals surface area contributed by atoms with Crippen LogP contribution in [0.3, 0.4) is 0 Å². The molecule has 1 amide bonds. The first-order valence-corrected chi connectivity index (χ1v) is 7.72. The molecule has 0 saturated heterocycles. The summed E-state index contributed by atoms with van der Waals surface area (Å²) in [5, 5.41) is 6.33. The minimum absolute atomic E-state index is 0.0475. The van der Waals surface area contributed by atoms with Crippen LogP contribution in [0, 0.1) is 0 Å². The first kappa shape index (κ1) is 17.8. The van der Waals surface area contributed by atoms with E-state index in [1.54, 1.807) is 31.4 Å². The summed E-state index contributed by atoms with van der Waals surface area (Å²) >= 11 is 0. The van der Waals surface area contributed by atoms with Gasteiger partial charge in [-0.3, -0.25) is 4.79 Å². The van der Waals surface area contributed by atoms with Gasteiger partial charge in [0.1, 0.15) is 5.75 Å². The van der Waals surface area contributed by atoms with Gasteiger partial charge in [-0.05, 0) is 48.0 Å². The van der Waals surface area contributed by atoms with Crippen LogP contribution in [0.5, 0.6) is 5.75 Å². The van der Waals surface area contributed by atoms with Crippen molar-refractivity contribution in [1.82, 2.24) is 0 Å². The number of alkyl halides is 3. The van der Waals surface area contributed by atoms with Crippen LogP contribution in [0.4, 0.5) is 18.9 Å². The van der Waals surface area contributed by atoms with Gasteiger partial charge in [0.15, 0.2) is 0 Å².